The second kappa shape index (κ2) is 7.79. The zero-order valence-electron chi connectivity index (χ0n) is 12.4. The first-order valence-corrected chi connectivity index (χ1v) is 9.51. The van der Waals surface area contributed by atoms with Crippen LogP contribution >= 0.6 is 23.1 Å². The fourth-order valence-electron chi connectivity index (χ4n) is 2.59. The number of hydrogen-bond acceptors (Lipinski definition) is 5. The van der Waals surface area contributed by atoms with Gasteiger partial charge >= 0.3 is 5.97 Å². The van der Waals surface area contributed by atoms with Gasteiger partial charge in [0.2, 0.25) is 0 Å². The summed E-state index contributed by atoms with van der Waals surface area (Å²) >= 11 is 3.04. The van der Waals surface area contributed by atoms with Gasteiger partial charge in [0.05, 0.1) is 11.4 Å². The lowest BCUT2D eigenvalue weighted by Crippen LogP contribution is -2.21. The van der Waals surface area contributed by atoms with Crippen LogP contribution in [0.3, 0.4) is 0 Å². The third kappa shape index (κ3) is 4.34. The molecule has 3 rings (SSSR count). The van der Waals surface area contributed by atoms with E-state index in [1.165, 1.54) is 31.0 Å². The molecule has 0 N–H and O–H groups in total. The van der Waals surface area contributed by atoms with E-state index in [1.807, 2.05) is 35.7 Å². The molecule has 0 spiro atoms. The molecule has 1 aliphatic carbocycles. The normalized spacial score (nSPS) is 15.6. The predicted molar refractivity (Wildman–Crippen MR) is 91.2 cm³/mol. The Morgan fingerprint density at radius 1 is 1.23 bits per heavy atom. The molecule has 0 radical (unpaired) electrons. The van der Waals surface area contributed by atoms with E-state index < -0.39 is 0 Å². The molecule has 1 saturated carbocycles. The lowest BCUT2D eigenvalue weighted by Gasteiger charge is -2.21. The predicted octanol–water partition coefficient (Wildman–Crippen LogP) is 4.78. The summed E-state index contributed by atoms with van der Waals surface area (Å²) in [6.45, 7) is 0. The minimum atomic E-state index is -0.117. The van der Waals surface area contributed by atoms with Crippen molar-refractivity contribution >= 4 is 29.1 Å². The summed E-state index contributed by atoms with van der Waals surface area (Å²) in [5.41, 5.74) is 2.07. The highest BCUT2D eigenvalue weighted by molar-refractivity contribution is 8.01. The van der Waals surface area contributed by atoms with Crippen molar-refractivity contribution in [3.63, 3.8) is 0 Å². The van der Waals surface area contributed by atoms with Crippen LogP contribution in [0, 0.1) is 0 Å². The van der Waals surface area contributed by atoms with Gasteiger partial charge in [0.25, 0.3) is 0 Å². The summed E-state index contributed by atoms with van der Waals surface area (Å²) in [5.74, 6) is 0.228. The Kier molecular flexibility index (Phi) is 5.51. The number of ether oxygens (including phenoxy) is 1. The number of nitrogens with zero attached hydrogens (tertiary/aromatic N) is 1. The number of benzene rings is 1. The molecule has 5 heteroatoms. The maximum atomic E-state index is 11.9. The number of hydrogen-bond donors (Lipinski definition) is 0. The van der Waals surface area contributed by atoms with Crippen molar-refractivity contribution in [3.05, 3.63) is 35.7 Å². The summed E-state index contributed by atoms with van der Waals surface area (Å²) in [6, 6.07) is 10.1. The second-order valence-electron chi connectivity index (χ2n) is 5.40. The third-order valence-corrected chi connectivity index (χ3v) is 5.71. The molecule has 1 aromatic heterocycles. The summed E-state index contributed by atoms with van der Waals surface area (Å²) in [4.78, 5) is 16.5. The number of carbonyl (C=O) groups excluding carboxylic acids is 1. The van der Waals surface area contributed by atoms with Crippen molar-refractivity contribution in [1.29, 1.82) is 0 Å². The van der Waals surface area contributed by atoms with Crippen molar-refractivity contribution in [2.24, 2.45) is 0 Å². The molecule has 22 heavy (non-hydrogen) atoms. The minimum Gasteiger partial charge on any atom is -0.462 e. The van der Waals surface area contributed by atoms with Gasteiger partial charge in [-0.25, -0.2) is 4.98 Å². The summed E-state index contributed by atoms with van der Waals surface area (Å²) in [7, 11) is 0. The third-order valence-electron chi connectivity index (χ3n) is 3.72. The Morgan fingerprint density at radius 2 is 2.00 bits per heavy atom. The van der Waals surface area contributed by atoms with Gasteiger partial charge in [-0.3, -0.25) is 4.79 Å². The van der Waals surface area contributed by atoms with Crippen molar-refractivity contribution < 1.29 is 9.53 Å². The van der Waals surface area contributed by atoms with Gasteiger partial charge in [0.15, 0.2) is 4.34 Å². The van der Waals surface area contributed by atoms with Crippen LogP contribution in [0.25, 0.3) is 11.3 Å². The monoisotopic (exact) mass is 333 g/mol. The smallest absolute Gasteiger partial charge is 0.316 e. The van der Waals surface area contributed by atoms with E-state index in [9.17, 15) is 4.79 Å². The number of rotatable bonds is 5. The van der Waals surface area contributed by atoms with Crippen LogP contribution in [0.1, 0.15) is 32.1 Å². The molecule has 1 heterocycles. The molecule has 0 aliphatic heterocycles. The first-order chi connectivity index (χ1) is 10.8. The fraction of sp³-hybridized carbons (Fsp3) is 0.412. The number of thiazole rings is 1. The molecule has 2 aromatic rings. The van der Waals surface area contributed by atoms with Crippen LogP contribution in [0.2, 0.25) is 0 Å². The van der Waals surface area contributed by atoms with E-state index in [4.69, 9.17) is 4.74 Å². The summed E-state index contributed by atoms with van der Waals surface area (Å²) < 4.78 is 6.44. The molecule has 0 atom stereocenters. The molecule has 1 aliphatic rings. The fourth-order valence-corrected chi connectivity index (χ4v) is 4.21. The minimum absolute atomic E-state index is 0.117. The average molecular weight is 333 g/mol. The molecular weight excluding hydrogens is 314 g/mol. The molecule has 1 aromatic carbocycles. The van der Waals surface area contributed by atoms with Crippen molar-refractivity contribution in [2.75, 3.05) is 5.75 Å². The Bertz CT molecular complexity index is 606. The Hall–Kier alpha value is -1.33. The number of thioether (sulfide) groups is 1. The van der Waals surface area contributed by atoms with E-state index in [2.05, 4.69) is 4.98 Å². The van der Waals surface area contributed by atoms with Crippen molar-refractivity contribution in [2.45, 2.75) is 42.5 Å². The van der Waals surface area contributed by atoms with Gasteiger partial charge in [-0.2, -0.15) is 0 Å². The Balaban J connectivity index is 1.49. The van der Waals surface area contributed by atoms with Crippen LogP contribution in [0.15, 0.2) is 40.1 Å². The van der Waals surface area contributed by atoms with Gasteiger partial charge in [0, 0.05) is 10.9 Å². The molecule has 116 valence electrons. The van der Waals surface area contributed by atoms with Gasteiger partial charge in [-0.05, 0) is 25.7 Å². The first-order valence-electron chi connectivity index (χ1n) is 7.64. The molecule has 3 nitrogen and oxygen atoms in total. The van der Waals surface area contributed by atoms with Crippen LogP contribution < -0.4 is 0 Å². The number of esters is 1. The first kappa shape index (κ1) is 15.6. The number of aromatic nitrogens is 1. The summed E-state index contributed by atoms with van der Waals surface area (Å²) in [6.07, 6.45) is 5.80. The van der Waals surface area contributed by atoms with Gasteiger partial charge in [-0.15, -0.1) is 11.3 Å². The van der Waals surface area contributed by atoms with Gasteiger partial charge in [-0.1, -0.05) is 48.5 Å². The highest BCUT2D eigenvalue weighted by atomic mass is 32.2. The van der Waals surface area contributed by atoms with E-state index in [-0.39, 0.29) is 12.1 Å². The second-order valence-corrected chi connectivity index (χ2v) is 7.48. The molecular formula is C17H19NO2S2. The Labute approximate surface area is 139 Å². The quantitative estimate of drug-likeness (QED) is 0.583. The molecule has 0 unspecified atom stereocenters. The largest absolute Gasteiger partial charge is 0.462 e. The zero-order valence-corrected chi connectivity index (χ0v) is 14.0. The van der Waals surface area contributed by atoms with E-state index in [0.717, 1.165) is 28.4 Å². The lowest BCUT2D eigenvalue weighted by atomic mass is 9.98. The maximum absolute atomic E-state index is 11.9. The van der Waals surface area contributed by atoms with E-state index in [0.29, 0.717) is 5.75 Å². The highest BCUT2D eigenvalue weighted by Crippen LogP contribution is 2.28. The molecule has 0 saturated heterocycles. The van der Waals surface area contributed by atoms with Crippen molar-refractivity contribution in [1.82, 2.24) is 4.98 Å². The molecule has 0 bridgehead atoms. The van der Waals surface area contributed by atoms with E-state index in [1.54, 1.807) is 11.3 Å². The van der Waals surface area contributed by atoms with Gasteiger partial charge < -0.3 is 4.74 Å². The standard InChI is InChI=1S/C17H19NO2S2/c19-16(20-14-9-5-2-6-10-14)12-22-17-18-15(11-21-17)13-7-3-1-4-8-13/h1,3-4,7-8,11,14H,2,5-6,9-10,12H2. The molecule has 1 fully saturated rings. The topological polar surface area (TPSA) is 39.2 Å². The summed E-state index contributed by atoms with van der Waals surface area (Å²) in [5, 5.41) is 2.03. The van der Waals surface area contributed by atoms with Crippen LogP contribution in [-0.4, -0.2) is 22.8 Å². The van der Waals surface area contributed by atoms with Crippen molar-refractivity contribution in [3.8, 4) is 11.3 Å². The van der Waals surface area contributed by atoms with E-state index >= 15 is 0 Å². The van der Waals surface area contributed by atoms with Gasteiger partial charge in [0.1, 0.15) is 6.10 Å². The van der Waals surface area contributed by atoms with Crippen LogP contribution in [0.5, 0.6) is 0 Å². The SMILES string of the molecule is O=C(CSc1nc(-c2ccccc2)cs1)OC1CCCCC1. The molecule has 0 amide bonds. The van der Waals surface area contributed by atoms with Crippen LogP contribution in [-0.2, 0) is 9.53 Å². The highest BCUT2D eigenvalue weighted by Gasteiger charge is 2.18. The zero-order chi connectivity index (χ0) is 15.2. The number of carbonyl (C=O) groups is 1. The Morgan fingerprint density at radius 3 is 2.77 bits per heavy atom. The average Bonchev–Trinajstić information content (AvgIpc) is 3.04. The maximum Gasteiger partial charge on any atom is 0.316 e. The lowest BCUT2D eigenvalue weighted by molar-refractivity contribution is -0.147. The van der Waals surface area contributed by atoms with Crippen LogP contribution in [0.4, 0.5) is 0 Å².